The Bertz CT molecular complexity index is 249. The molecule has 2 fully saturated rings. The minimum Gasteiger partial charge on any atom is -0.377 e. The molecule has 1 aliphatic heterocycles. The smallest absolute Gasteiger partial charge is 0.0597 e. The molecule has 1 saturated heterocycles. The van der Waals surface area contributed by atoms with Gasteiger partial charge in [0.2, 0.25) is 0 Å². The van der Waals surface area contributed by atoms with Crippen LogP contribution in [0.25, 0.3) is 0 Å². The normalized spacial score (nSPS) is 29.8. The quantitative estimate of drug-likeness (QED) is 0.815. The van der Waals surface area contributed by atoms with E-state index in [1.807, 2.05) is 0 Å². The highest BCUT2D eigenvalue weighted by atomic mass is 16.5. The van der Waals surface area contributed by atoms with Crippen molar-refractivity contribution >= 4 is 0 Å². The van der Waals surface area contributed by atoms with Crippen molar-refractivity contribution in [2.45, 2.75) is 70.6 Å². The summed E-state index contributed by atoms with van der Waals surface area (Å²) in [5, 5.41) is 3.64. The number of rotatable bonds is 5. The largest absolute Gasteiger partial charge is 0.377 e. The molecule has 0 amide bonds. The van der Waals surface area contributed by atoms with E-state index in [1.165, 1.54) is 32.1 Å². The second kappa shape index (κ2) is 6.36. The van der Waals surface area contributed by atoms with Gasteiger partial charge in [0, 0.05) is 31.2 Å². The van der Waals surface area contributed by atoms with Crippen LogP contribution in [0.1, 0.15) is 52.9 Å². The molecule has 0 aromatic carbocycles. The summed E-state index contributed by atoms with van der Waals surface area (Å²) in [6.07, 6.45) is 7.08. The summed E-state index contributed by atoms with van der Waals surface area (Å²) < 4.78 is 6.00. The SMILES string of the molecule is CCC1CNC(C)(C)CN1CCOC1CCCC1. The van der Waals surface area contributed by atoms with Gasteiger partial charge in [0.25, 0.3) is 0 Å². The van der Waals surface area contributed by atoms with Crippen molar-refractivity contribution in [3.05, 3.63) is 0 Å². The van der Waals surface area contributed by atoms with E-state index in [1.54, 1.807) is 0 Å². The van der Waals surface area contributed by atoms with Crippen molar-refractivity contribution in [2.24, 2.45) is 0 Å². The van der Waals surface area contributed by atoms with Crippen LogP contribution in [0.2, 0.25) is 0 Å². The van der Waals surface area contributed by atoms with E-state index >= 15 is 0 Å². The lowest BCUT2D eigenvalue weighted by atomic mass is 9.98. The predicted octanol–water partition coefficient (Wildman–Crippen LogP) is 2.41. The maximum Gasteiger partial charge on any atom is 0.0597 e. The molecule has 0 radical (unpaired) electrons. The van der Waals surface area contributed by atoms with Crippen molar-refractivity contribution in [3.63, 3.8) is 0 Å². The van der Waals surface area contributed by atoms with Gasteiger partial charge in [-0.2, -0.15) is 0 Å². The van der Waals surface area contributed by atoms with Gasteiger partial charge in [-0.05, 0) is 33.1 Å². The fourth-order valence-corrected chi connectivity index (χ4v) is 3.27. The first kappa shape index (κ1) is 14.3. The molecule has 0 aromatic heterocycles. The topological polar surface area (TPSA) is 24.5 Å². The Morgan fingerprint density at radius 1 is 1.28 bits per heavy atom. The van der Waals surface area contributed by atoms with Gasteiger partial charge in [-0.1, -0.05) is 19.8 Å². The summed E-state index contributed by atoms with van der Waals surface area (Å²) in [4.78, 5) is 2.62. The zero-order chi connectivity index (χ0) is 13.0. The molecule has 0 spiro atoms. The Morgan fingerprint density at radius 2 is 2.00 bits per heavy atom. The Kier molecular flexibility index (Phi) is 5.05. The second-order valence-electron chi connectivity index (χ2n) is 6.57. The zero-order valence-electron chi connectivity index (χ0n) is 12.4. The summed E-state index contributed by atoms with van der Waals surface area (Å²) in [5.74, 6) is 0. The van der Waals surface area contributed by atoms with E-state index in [9.17, 15) is 0 Å². The Labute approximate surface area is 112 Å². The van der Waals surface area contributed by atoms with Crippen molar-refractivity contribution in [1.82, 2.24) is 10.2 Å². The Balaban J connectivity index is 1.74. The highest BCUT2D eigenvalue weighted by Gasteiger charge is 2.31. The third-order valence-electron chi connectivity index (χ3n) is 4.44. The van der Waals surface area contributed by atoms with Gasteiger partial charge in [0.1, 0.15) is 0 Å². The van der Waals surface area contributed by atoms with Gasteiger partial charge in [-0.3, -0.25) is 4.90 Å². The molecule has 0 aromatic rings. The molecule has 0 bridgehead atoms. The monoisotopic (exact) mass is 254 g/mol. The number of ether oxygens (including phenoxy) is 1. The first-order chi connectivity index (χ1) is 8.61. The lowest BCUT2D eigenvalue weighted by Crippen LogP contribution is -2.61. The predicted molar refractivity (Wildman–Crippen MR) is 75.9 cm³/mol. The van der Waals surface area contributed by atoms with Crippen LogP contribution in [-0.4, -0.2) is 48.8 Å². The van der Waals surface area contributed by atoms with E-state index in [0.29, 0.717) is 12.1 Å². The van der Waals surface area contributed by atoms with Gasteiger partial charge in [-0.15, -0.1) is 0 Å². The lowest BCUT2D eigenvalue weighted by molar-refractivity contribution is 0.0155. The van der Waals surface area contributed by atoms with E-state index in [2.05, 4.69) is 31.0 Å². The molecule has 1 N–H and O–H groups in total. The van der Waals surface area contributed by atoms with E-state index in [0.717, 1.165) is 26.2 Å². The number of nitrogens with zero attached hydrogens (tertiary/aromatic N) is 1. The van der Waals surface area contributed by atoms with Gasteiger partial charge in [0.15, 0.2) is 0 Å². The average Bonchev–Trinajstić information content (AvgIpc) is 2.81. The fourth-order valence-electron chi connectivity index (χ4n) is 3.27. The minimum atomic E-state index is 0.249. The van der Waals surface area contributed by atoms with Crippen LogP contribution in [0.15, 0.2) is 0 Å². The highest BCUT2D eigenvalue weighted by molar-refractivity contribution is 4.91. The van der Waals surface area contributed by atoms with Crippen molar-refractivity contribution in [1.29, 1.82) is 0 Å². The first-order valence-corrected chi connectivity index (χ1v) is 7.71. The average molecular weight is 254 g/mol. The Hall–Kier alpha value is -0.120. The summed E-state index contributed by atoms with van der Waals surface area (Å²) in [6, 6.07) is 0.685. The first-order valence-electron chi connectivity index (χ1n) is 7.71. The highest BCUT2D eigenvalue weighted by Crippen LogP contribution is 2.21. The van der Waals surface area contributed by atoms with E-state index < -0.39 is 0 Å². The molecule has 1 atom stereocenters. The molecular weight excluding hydrogens is 224 g/mol. The maximum absolute atomic E-state index is 6.00. The summed E-state index contributed by atoms with van der Waals surface area (Å²) in [7, 11) is 0. The number of nitrogens with one attached hydrogen (secondary N) is 1. The standard InChI is InChI=1S/C15H30N2O/c1-4-13-11-16-15(2,3)12-17(13)9-10-18-14-7-5-6-8-14/h13-14,16H,4-12H2,1-3H3. The molecule has 18 heavy (non-hydrogen) atoms. The third-order valence-corrected chi connectivity index (χ3v) is 4.44. The molecule has 106 valence electrons. The van der Waals surface area contributed by atoms with Crippen molar-refractivity contribution in [2.75, 3.05) is 26.2 Å². The second-order valence-corrected chi connectivity index (χ2v) is 6.57. The number of piperazine rings is 1. The molecule has 2 aliphatic rings. The number of hydrogen-bond donors (Lipinski definition) is 1. The summed E-state index contributed by atoms with van der Waals surface area (Å²) >= 11 is 0. The van der Waals surface area contributed by atoms with E-state index in [4.69, 9.17) is 4.74 Å². The summed E-state index contributed by atoms with van der Waals surface area (Å²) in [5.41, 5.74) is 0.249. The molecule has 1 heterocycles. The molecule has 3 nitrogen and oxygen atoms in total. The van der Waals surface area contributed by atoms with Crippen LogP contribution in [0.4, 0.5) is 0 Å². The molecule has 3 heteroatoms. The van der Waals surface area contributed by atoms with Crippen LogP contribution in [-0.2, 0) is 4.74 Å². The molecular formula is C15H30N2O. The van der Waals surface area contributed by atoms with Crippen molar-refractivity contribution in [3.8, 4) is 0 Å². The van der Waals surface area contributed by atoms with Crippen LogP contribution in [0, 0.1) is 0 Å². The van der Waals surface area contributed by atoms with Gasteiger partial charge < -0.3 is 10.1 Å². The van der Waals surface area contributed by atoms with Gasteiger partial charge in [0.05, 0.1) is 12.7 Å². The minimum absolute atomic E-state index is 0.249. The van der Waals surface area contributed by atoms with Gasteiger partial charge >= 0.3 is 0 Å². The van der Waals surface area contributed by atoms with Crippen LogP contribution in [0.3, 0.4) is 0 Å². The van der Waals surface area contributed by atoms with Gasteiger partial charge in [-0.25, -0.2) is 0 Å². The number of hydrogen-bond acceptors (Lipinski definition) is 3. The fraction of sp³-hybridized carbons (Fsp3) is 1.00. The Morgan fingerprint density at radius 3 is 2.67 bits per heavy atom. The molecule has 1 aliphatic carbocycles. The lowest BCUT2D eigenvalue weighted by Gasteiger charge is -2.44. The van der Waals surface area contributed by atoms with E-state index in [-0.39, 0.29) is 5.54 Å². The zero-order valence-corrected chi connectivity index (χ0v) is 12.4. The van der Waals surface area contributed by atoms with Crippen LogP contribution in [0.5, 0.6) is 0 Å². The maximum atomic E-state index is 6.00. The third kappa shape index (κ3) is 3.94. The van der Waals surface area contributed by atoms with Crippen LogP contribution < -0.4 is 5.32 Å². The molecule has 2 rings (SSSR count). The molecule has 1 unspecified atom stereocenters. The van der Waals surface area contributed by atoms with Crippen molar-refractivity contribution < 1.29 is 4.74 Å². The molecule has 1 saturated carbocycles. The van der Waals surface area contributed by atoms with Crippen LogP contribution >= 0.6 is 0 Å². The summed E-state index contributed by atoms with van der Waals surface area (Å²) in [6.45, 7) is 11.1.